The molecule has 0 amide bonds. The molecular weight excluding hydrogens is 249 g/mol. The summed E-state index contributed by atoms with van der Waals surface area (Å²) in [5.74, 6) is 1.67. The van der Waals surface area contributed by atoms with Gasteiger partial charge in [-0.3, -0.25) is 5.43 Å². The molecule has 0 aliphatic heterocycles. The second kappa shape index (κ2) is 6.82. The average Bonchev–Trinajstić information content (AvgIpc) is 2.34. The smallest absolute Gasteiger partial charge is 0.210 e. The van der Waals surface area contributed by atoms with Crippen LogP contribution in [-0.4, -0.2) is 26.2 Å². The van der Waals surface area contributed by atoms with Gasteiger partial charge in [-0.05, 0) is 0 Å². The van der Waals surface area contributed by atoms with Crippen molar-refractivity contribution in [2.24, 2.45) is 10.8 Å². The molecule has 0 saturated heterocycles. The Morgan fingerprint density at radius 1 is 1.39 bits per heavy atom. The van der Waals surface area contributed by atoms with Crippen molar-refractivity contribution in [2.75, 3.05) is 25.6 Å². The molecule has 0 aliphatic rings. The van der Waals surface area contributed by atoms with Crippen molar-refractivity contribution >= 4 is 11.6 Å². The number of hydrazine groups is 1. The number of guanidine groups is 1. The van der Waals surface area contributed by atoms with Crippen LogP contribution in [0.2, 0.25) is 0 Å². The molecule has 0 unspecified atom stereocenters. The molecule has 0 atom stereocenters. The largest absolute Gasteiger partial charge is 0.383 e. The lowest BCUT2D eigenvalue weighted by molar-refractivity contribution is 0.208. The summed E-state index contributed by atoms with van der Waals surface area (Å²) in [4.78, 5) is 3.86. The van der Waals surface area contributed by atoms with Crippen molar-refractivity contribution in [1.29, 1.82) is 0 Å². The van der Waals surface area contributed by atoms with Gasteiger partial charge in [0, 0.05) is 19.2 Å². The van der Waals surface area contributed by atoms with Crippen molar-refractivity contribution < 1.29 is 17.9 Å². The summed E-state index contributed by atoms with van der Waals surface area (Å²) in [6.45, 7) is 0.579. The monoisotopic (exact) mass is 262 g/mol. The maximum Gasteiger partial charge on any atom is 0.210 e. The lowest BCUT2D eigenvalue weighted by atomic mass is 10.3. The molecule has 1 aromatic rings. The van der Waals surface area contributed by atoms with Crippen LogP contribution in [0.25, 0.3) is 0 Å². The van der Waals surface area contributed by atoms with Gasteiger partial charge >= 0.3 is 0 Å². The number of benzene rings is 1. The first-order valence-electron chi connectivity index (χ1n) is 5.00. The highest BCUT2D eigenvalue weighted by atomic mass is 19.2. The van der Waals surface area contributed by atoms with Crippen LogP contribution in [0, 0.1) is 17.5 Å². The molecule has 0 radical (unpaired) electrons. The highest BCUT2D eigenvalue weighted by molar-refractivity contribution is 5.93. The van der Waals surface area contributed by atoms with Gasteiger partial charge in [-0.15, -0.1) is 0 Å². The van der Waals surface area contributed by atoms with E-state index in [9.17, 15) is 13.2 Å². The van der Waals surface area contributed by atoms with Crippen molar-refractivity contribution in [3.8, 4) is 0 Å². The van der Waals surface area contributed by atoms with E-state index in [-0.39, 0.29) is 12.5 Å². The van der Waals surface area contributed by atoms with Crippen LogP contribution < -0.4 is 16.6 Å². The Bertz CT molecular complexity index is 439. The van der Waals surface area contributed by atoms with Crippen LogP contribution in [0.4, 0.5) is 18.9 Å². The Balaban J connectivity index is 2.84. The van der Waals surface area contributed by atoms with Gasteiger partial charge in [0.05, 0.1) is 18.8 Å². The third-order valence-corrected chi connectivity index (χ3v) is 1.95. The molecular formula is C10H13F3N4O. The van der Waals surface area contributed by atoms with Crippen LogP contribution >= 0.6 is 0 Å². The van der Waals surface area contributed by atoms with Crippen LogP contribution in [0.1, 0.15) is 0 Å². The van der Waals surface area contributed by atoms with Gasteiger partial charge in [0.25, 0.3) is 0 Å². The number of aliphatic imine (C=N–C) groups is 1. The number of hydrogen-bond donors (Lipinski definition) is 3. The minimum atomic E-state index is -1.30. The number of nitrogens with zero attached hydrogens (tertiary/aromatic N) is 1. The summed E-state index contributed by atoms with van der Waals surface area (Å²) in [6, 6.07) is 1.24. The number of nitrogens with one attached hydrogen (secondary N) is 2. The molecule has 18 heavy (non-hydrogen) atoms. The molecule has 1 aromatic carbocycles. The van der Waals surface area contributed by atoms with Crippen molar-refractivity contribution in [2.45, 2.75) is 0 Å². The third-order valence-electron chi connectivity index (χ3n) is 1.95. The zero-order chi connectivity index (χ0) is 13.5. The predicted octanol–water partition coefficient (Wildman–Crippen LogP) is 0.981. The molecule has 0 aromatic heterocycles. The predicted molar refractivity (Wildman–Crippen MR) is 61.4 cm³/mol. The molecule has 0 fully saturated rings. The second-order valence-corrected chi connectivity index (χ2v) is 3.24. The topological polar surface area (TPSA) is 71.7 Å². The number of halogens is 3. The Kier molecular flexibility index (Phi) is 5.40. The van der Waals surface area contributed by atoms with E-state index < -0.39 is 23.1 Å². The number of rotatable bonds is 4. The normalized spacial score (nSPS) is 11.5. The zero-order valence-corrected chi connectivity index (χ0v) is 9.64. The Hall–Kier alpha value is -1.80. The van der Waals surface area contributed by atoms with E-state index in [1.807, 2.05) is 0 Å². The SMILES string of the molecule is COCCN=C(NN)Nc1cc(F)cc(F)c1F. The molecule has 8 heteroatoms. The first kappa shape index (κ1) is 14.3. The Morgan fingerprint density at radius 2 is 2.11 bits per heavy atom. The van der Waals surface area contributed by atoms with Crippen LogP contribution in [-0.2, 0) is 4.74 Å². The van der Waals surface area contributed by atoms with E-state index in [2.05, 4.69) is 15.7 Å². The second-order valence-electron chi connectivity index (χ2n) is 3.24. The van der Waals surface area contributed by atoms with Gasteiger partial charge in [0.2, 0.25) is 5.96 Å². The Morgan fingerprint density at radius 3 is 2.72 bits per heavy atom. The lowest BCUT2D eigenvalue weighted by Crippen LogP contribution is -2.37. The number of nitrogens with two attached hydrogens (primary N) is 1. The first-order valence-corrected chi connectivity index (χ1v) is 5.00. The molecule has 0 aliphatic carbocycles. The number of ether oxygens (including phenoxy) is 1. The molecule has 100 valence electrons. The van der Waals surface area contributed by atoms with Gasteiger partial charge < -0.3 is 10.1 Å². The lowest BCUT2D eigenvalue weighted by Gasteiger charge is -2.10. The fourth-order valence-electron chi connectivity index (χ4n) is 1.14. The van der Waals surface area contributed by atoms with Crippen LogP contribution in [0.15, 0.2) is 17.1 Å². The maximum atomic E-state index is 13.3. The molecule has 1 rings (SSSR count). The molecule has 4 N–H and O–H groups in total. The maximum absolute atomic E-state index is 13.3. The zero-order valence-electron chi connectivity index (χ0n) is 9.64. The molecule has 5 nitrogen and oxygen atoms in total. The van der Waals surface area contributed by atoms with Crippen molar-refractivity contribution in [3.63, 3.8) is 0 Å². The molecule has 0 bridgehead atoms. The highest BCUT2D eigenvalue weighted by Crippen LogP contribution is 2.18. The van der Waals surface area contributed by atoms with Gasteiger partial charge in [-0.2, -0.15) is 0 Å². The minimum Gasteiger partial charge on any atom is -0.383 e. The summed E-state index contributed by atoms with van der Waals surface area (Å²) >= 11 is 0. The summed E-state index contributed by atoms with van der Waals surface area (Å²) in [6.07, 6.45) is 0. The standard InChI is InChI=1S/C10H13F3N4O/c1-18-3-2-15-10(17-14)16-8-5-6(11)4-7(12)9(8)13/h4-5H,2-3,14H2,1H3,(H2,15,16,17). The quantitative estimate of drug-likeness (QED) is 0.189. The van der Waals surface area contributed by atoms with Gasteiger partial charge in [0.15, 0.2) is 11.6 Å². The molecule has 0 spiro atoms. The first-order chi connectivity index (χ1) is 8.58. The number of anilines is 1. The summed E-state index contributed by atoms with van der Waals surface area (Å²) in [5, 5.41) is 2.34. The van der Waals surface area contributed by atoms with E-state index >= 15 is 0 Å². The van der Waals surface area contributed by atoms with E-state index in [4.69, 9.17) is 10.6 Å². The minimum absolute atomic E-state index is 0.0315. The van der Waals surface area contributed by atoms with Gasteiger partial charge in [0.1, 0.15) is 5.82 Å². The fourth-order valence-corrected chi connectivity index (χ4v) is 1.14. The average molecular weight is 262 g/mol. The van der Waals surface area contributed by atoms with E-state index in [1.165, 1.54) is 7.11 Å². The highest BCUT2D eigenvalue weighted by Gasteiger charge is 2.12. The molecule has 0 saturated carbocycles. The van der Waals surface area contributed by atoms with E-state index in [0.717, 1.165) is 6.07 Å². The summed E-state index contributed by atoms with van der Waals surface area (Å²) < 4.78 is 43.9. The molecule has 0 heterocycles. The van der Waals surface area contributed by atoms with Crippen molar-refractivity contribution in [1.82, 2.24) is 5.43 Å². The van der Waals surface area contributed by atoms with Crippen LogP contribution in [0.3, 0.4) is 0 Å². The Labute approximate surface area is 102 Å². The van der Waals surface area contributed by atoms with Crippen LogP contribution in [0.5, 0.6) is 0 Å². The van der Waals surface area contributed by atoms with Crippen molar-refractivity contribution in [3.05, 3.63) is 29.6 Å². The van der Waals surface area contributed by atoms with E-state index in [0.29, 0.717) is 12.7 Å². The van der Waals surface area contributed by atoms with Gasteiger partial charge in [-0.25, -0.2) is 24.0 Å². The summed E-state index contributed by atoms with van der Waals surface area (Å²) in [5.41, 5.74) is 1.75. The third kappa shape index (κ3) is 3.90. The van der Waals surface area contributed by atoms with E-state index in [1.54, 1.807) is 0 Å². The fraction of sp³-hybridized carbons (Fsp3) is 0.300. The number of hydrogen-bond acceptors (Lipinski definition) is 3. The summed E-state index contributed by atoms with van der Waals surface area (Å²) in [7, 11) is 1.49. The van der Waals surface area contributed by atoms with Gasteiger partial charge in [-0.1, -0.05) is 0 Å². The number of methoxy groups -OCH3 is 1.